The standard InChI is InChI=1S/C24H24FNO2/c1-24(19-9-5-3-6-10-19,20-11-7-4-8-12-20)26-23(27)16-14-18-13-15-22(28-2)21(25)17-18/h3-13,15,17H,14,16H2,1-2H3,(H,26,27). The Morgan fingerprint density at radius 1 is 0.964 bits per heavy atom. The molecule has 0 aliphatic heterocycles. The Bertz CT molecular complexity index is 886. The molecule has 1 amide bonds. The average molecular weight is 377 g/mol. The van der Waals surface area contributed by atoms with E-state index in [-0.39, 0.29) is 18.1 Å². The van der Waals surface area contributed by atoms with Crippen molar-refractivity contribution in [3.05, 3.63) is 101 Å². The third-order valence-electron chi connectivity index (χ3n) is 4.95. The lowest BCUT2D eigenvalue weighted by Crippen LogP contribution is -2.44. The molecule has 0 saturated heterocycles. The minimum atomic E-state index is -0.648. The van der Waals surface area contributed by atoms with E-state index in [0.717, 1.165) is 16.7 Å². The van der Waals surface area contributed by atoms with Crippen LogP contribution in [0.3, 0.4) is 0 Å². The van der Waals surface area contributed by atoms with Crippen LogP contribution >= 0.6 is 0 Å². The third kappa shape index (κ3) is 4.39. The molecule has 0 aliphatic carbocycles. The molecule has 0 aromatic heterocycles. The van der Waals surface area contributed by atoms with Crippen LogP contribution in [0.5, 0.6) is 5.75 Å². The Balaban J connectivity index is 1.76. The van der Waals surface area contributed by atoms with E-state index in [1.807, 2.05) is 67.6 Å². The molecule has 3 rings (SSSR count). The summed E-state index contributed by atoms with van der Waals surface area (Å²) in [6.45, 7) is 2.00. The molecule has 1 N–H and O–H groups in total. The van der Waals surface area contributed by atoms with E-state index in [0.29, 0.717) is 6.42 Å². The van der Waals surface area contributed by atoms with Crippen molar-refractivity contribution in [1.82, 2.24) is 5.32 Å². The second-order valence-corrected chi connectivity index (χ2v) is 6.87. The number of carbonyl (C=O) groups is 1. The van der Waals surface area contributed by atoms with Crippen LogP contribution in [0.1, 0.15) is 30.0 Å². The van der Waals surface area contributed by atoms with Crippen LogP contribution in [-0.4, -0.2) is 13.0 Å². The molecule has 0 bridgehead atoms. The van der Waals surface area contributed by atoms with Gasteiger partial charge in [-0.3, -0.25) is 4.79 Å². The Kier molecular flexibility index (Phi) is 6.09. The zero-order chi connectivity index (χ0) is 20.0. The van der Waals surface area contributed by atoms with Gasteiger partial charge in [0.25, 0.3) is 0 Å². The molecule has 0 fully saturated rings. The number of benzene rings is 3. The van der Waals surface area contributed by atoms with Gasteiger partial charge in [-0.25, -0.2) is 4.39 Å². The van der Waals surface area contributed by atoms with Crippen molar-refractivity contribution >= 4 is 5.91 Å². The molecule has 0 heterocycles. The van der Waals surface area contributed by atoms with Crippen LogP contribution in [0.2, 0.25) is 0 Å². The Morgan fingerprint density at radius 2 is 1.54 bits per heavy atom. The van der Waals surface area contributed by atoms with Crippen molar-refractivity contribution in [2.75, 3.05) is 7.11 Å². The summed E-state index contributed by atoms with van der Waals surface area (Å²) in [5, 5.41) is 3.18. The second kappa shape index (κ2) is 8.70. The summed E-state index contributed by atoms with van der Waals surface area (Å²) in [5.41, 5.74) is 2.12. The first-order valence-corrected chi connectivity index (χ1v) is 9.27. The van der Waals surface area contributed by atoms with Gasteiger partial charge in [0.1, 0.15) is 0 Å². The van der Waals surface area contributed by atoms with Crippen molar-refractivity contribution in [1.29, 1.82) is 0 Å². The molecule has 0 atom stereocenters. The maximum Gasteiger partial charge on any atom is 0.221 e. The predicted octanol–water partition coefficient (Wildman–Crippen LogP) is 4.85. The number of rotatable bonds is 7. The molecule has 4 heteroatoms. The fraction of sp³-hybridized carbons (Fsp3) is 0.208. The quantitative estimate of drug-likeness (QED) is 0.639. The number of nitrogens with one attached hydrogen (secondary N) is 1. The summed E-state index contributed by atoms with van der Waals surface area (Å²) in [7, 11) is 1.43. The van der Waals surface area contributed by atoms with Crippen molar-refractivity contribution in [2.24, 2.45) is 0 Å². The van der Waals surface area contributed by atoms with Gasteiger partial charge in [0.15, 0.2) is 11.6 Å². The van der Waals surface area contributed by atoms with E-state index < -0.39 is 11.4 Å². The second-order valence-electron chi connectivity index (χ2n) is 6.87. The first kappa shape index (κ1) is 19.6. The first-order chi connectivity index (χ1) is 13.5. The van der Waals surface area contributed by atoms with Crippen molar-refractivity contribution < 1.29 is 13.9 Å². The van der Waals surface area contributed by atoms with E-state index in [2.05, 4.69) is 5.32 Å². The number of hydrogen-bond donors (Lipinski definition) is 1. The lowest BCUT2D eigenvalue weighted by atomic mass is 9.84. The summed E-state index contributed by atoms with van der Waals surface area (Å²) in [6, 6.07) is 24.6. The lowest BCUT2D eigenvalue weighted by molar-refractivity contribution is -0.122. The summed E-state index contributed by atoms with van der Waals surface area (Å²) in [6.07, 6.45) is 0.716. The molecule has 0 spiro atoms. The maximum absolute atomic E-state index is 13.9. The molecular formula is C24H24FNO2. The summed E-state index contributed by atoms with van der Waals surface area (Å²) >= 11 is 0. The Hall–Kier alpha value is -3.14. The van der Waals surface area contributed by atoms with Crippen LogP contribution in [0, 0.1) is 5.82 Å². The SMILES string of the molecule is COc1ccc(CCC(=O)NC(C)(c2ccccc2)c2ccccc2)cc1F. The summed E-state index contributed by atoms with van der Waals surface area (Å²) in [4.78, 5) is 12.8. The third-order valence-corrected chi connectivity index (χ3v) is 4.95. The van der Waals surface area contributed by atoms with Gasteiger partial charge in [0, 0.05) is 6.42 Å². The number of amides is 1. The monoisotopic (exact) mass is 377 g/mol. The zero-order valence-corrected chi connectivity index (χ0v) is 16.1. The minimum Gasteiger partial charge on any atom is -0.494 e. The molecule has 0 aliphatic rings. The number of hydrogen-bond acceptors (Lipinski definition) is 2. The highest BCUT2D eigenvalue weighted by Gasteiger charge is 2.30. The van der Waals surface area contributed by atoms with Crippen LogP contribution in [0.25, 0.3) is 0 Å². The highest BCUT2D eigenvalue weighted by molar-refractivity contribution is 5.78. The van der Waals surface area contributed by atoms with Crippen molar-refractivity contribution in [3.8, 4) is 5.75 Å². The van der Waals surface area contributed by atoms with E-state index in [9.17, 15) is 9.18 Å². The fourth-order valence-corrected chi connectivity index (χ4v) is 3.32. The van der Waals surface area contributed by atoms with E-state index >= 15 is 0 Å². The Morgan fingerprint density at radius 3 is 2.04 bits per heavy atom. The average Bonchev–Trinajstić information content (AvgIpc) is 2.73. The molecule has 28 heavy (non-hydrogen) atoms. The van der Waals surface area contributed by atoms with Crippen molar-refractivity contribution in [2.45, 2.75) is 25.3 Å². The highest BCUT2D eigenvalue weighted by atomic mass is 19.1. The molecule has 3 aromatic rings. The van der Waals surface area contributed by atoms with E-state index in [1.54, 1.807) is 12.1 Å². The van der Waals surface area contributed by atoms with E-state index in [4.69, 9.17) is 4.74 Å². The minimum absolute atomic E-state index is 0.0913. The Labute approximate surface area is 165 Å². The number of aryl methyl sites for hydroxylation is 1. The molecule has 0 saturated carbocycles. The van der Waals surface area contributed by atoms with Gasteiger partial charge in [-0.1, -0.05) is 66.7 Å². The molecule has 3 aromatic carbocycles. The summed E-state index contributed by atoms with van der Waals surface area (Å²) in [5.74, 6) is -0.306. The van der Waals surface area contributed by atoms with Gasteiger partial charge in [-0.15, -0.1) is 0 Å². The van der Waals surface area contributed by atoms with Crippen molar-refractivity contribution in [3.63, 3.8) is 0 Å². The van der Waals surface area contributed by atoms with Gasteiger partial charge in [-0.05, 0) is 42.2 Å². The number of halogens is 1. The lowest BCUT2D eigenvalue weighted by Gasteiger charge is -2.32. The zero-order valence-electron chi connectivity index (χ0n) is 16.1. The fourth-order valence-electron chi connectivity index (χ4n) is 3.32. The van der Waals surface area contributed by atoms with Gasteiger partial charge in [-0.2, -0.15) is 0 Å². The van der Waals surface area contributed by atoms with Gasteiger partial charge >= 0.3 is 0 Å². The van der Waals surface area contributed by atoms with Crippen LogP contribution in [0.4, 0.5) is 4.39 Å². The molecule has 0 radical (unpaired) electrons. The molecule has 0 unspecified atom stereocenters. The molecular weight excluding hydrogens is 353 g/mol. The maximum atomic E-state index is 13.9. The van der Waals surface area contributed by atoms with Crippen LogP contribution in [0.15, 0.2) is 78.9 Å². The van der Waals surface area contributed by atoms with E-state index in [1.165, 1.54) is 13.2 Å². The first-order valence-electron chi connectivity index (χ1n) is 9.27. The summed E-state index contributed by atoms with van der Waals surface area (Å²) < 4.78 is 18.8. The molecule has 144 valence electrons. The predicted molar refractivity (Wildman–Crippen MR) is 109 cm³/mol. The number of ether oxygens (including phenoxy) is 1. The van der Waals surface area contributed by atoms with Crippen LogP contribution in [-0.2, 0) is 16.8 Å². The highest BCUT2D eigenvalue weighted by Crippen LogP contribution is 2.29. The number of methoxy groups -OCH3 is 1. The normalized spacial score (nSPS) is 11.1. The molecule has 3 nitrogen and oxygen atoms in total. The van der Waals surface area contributed by atoms with Gasteiger partial charge in [0.2, 0.25) is 5.91 Å². The number of carbonyl (C=O) groups excluding carboxylic acids is 1. The van der Waals surface area contributed by atoms with Crippen LogP contribution < -0.4 is 10.1 Å². The van der Waals surface area contributed by atoms with Gasteiger partial charge in [0.05, 0.1) is 12.6 Å². The largest absolute Gasteiger partial charge is 0.494 e. The topological polar surface area (TPSA) is 38.3 Å². The van der Waals surface area contributed by atoms with Gasteiger partial charge < -0.3 is 10.1 Å². The smallest absolute Gasteiger partial charge is 0.221 e.